The molecule has 0 saturated carbocycles. The second-order valence-corrected chi connectivity index (χ2v) is 4.02. The fourth-order valence-corrected chi connectivity index (χ4v) is 1.82. The van der Waals surface area contributed by atoms with Crippen molar-refractivity contribution in [1.82, 2.24) is 15.3 Å². The first-order valence-electron chi connectivity index (χ1n) is 5.44. The number of nitrogens with zero attached hydrogens (tertiary/aromatic N) is 2. The quantitative estimate of drug-likeness (QED) is 0.792. The molecule has 0 aromatic carbocycles. The third-order valence-corrected chi connectivity index (χ3v) is 2.49. The van der Waals surface area contributed by atoms with Crippen LogP contribution in [-0.2, 0) is 0 Å². The molecule has 0 spiro atoms. The van der Waals surface area contributed by atoms with Gasteiger partial charge in [0.05, 0.1) is 0 Å². The Labute approximate surface area is 90.1 Å². The minimum Gasteiger partial charge on any atom is -0.459 e. The maximum absolute atomic E-state index is 5.73. The van der Waals surface area contributed by atoms with Crippen LogP contribution >= 0.6 is 0 Å². The van der Waals surface area contributed by atoms with Crippen molar-refractivity contribution in [2.45, 2.75) is 32.8 Å². The van der Waals surface area contributed by atoms with Gasteiger partial charge in [-0.2, -0.15) is 0 Å². The normalized spacial score (nSPS) is 21.3. The lowest BCUT2D eigenvalue weighted by Gasteiger charge is -2.22. The highest BCUT2D eigenvalue weighted by Gasteiger charge is 2.15. The average molecular weight is 207 g/mol. The molecule has 0 radical (unpaired) electrons. The van der Waals surface area contributed by atoms with Crippen molar-refractivity contribution in [3.63, 3.8) is 0 Å². The monoisotopic (exact) mass is 207 g/mol. The SMILES string of the molecule is Cc1cc(C)nc(O[C@H]2CCCNC2)n1. The zero-order chi connectivity index (χ0) is 10.7. The van der Waals surface area contributed by atoms with Crippen molar-refractivity contribution in [2.24, 2.45) is 0 Å². The predicted molar refractivity (Wildman–Crippen MR) is 58.0 cm³/mol. The average Bonchev–Trinajstić information content (AvgIpc) is 2.17. The van der Waals surface area contributed by atoms with Gasteiger partial charge in [0.1, 0.15) is 6.10 Å². The Morgan fingerprint density at radius 1 is 1.33 bits per heavy atom. The highest BCUT2D eigenvalue weighted by molar-refractivity contribution is 5.11. The first kappa shape index (κ1) is 10.4. The van der Waals surface area contributed by atoms with E-state index in [1.54, 1.807) is 0 Å². The van der Waals surface area contributed by atoms with Crippen LogP contribution in [0.4, 0.5) is 0 Å². The van der Waals surface area contributed by atoms with Gasteiger partial charge in [-0.15, -0.1) is 0 Å². The van der Waals surface area contributed by atoms with Gasteiger partial charge in [-0.25, -0.2) is 9.97 Å². The van der Waals surface area contributed by atoms with Gasteiger partial charge in [0.2, 0.25) is 0 Å². The van der Waals surface area contributed by atoms with Gasteiger partial charge < -0.3 is 10.1 Å². The van der Waals surface area contributed by atoms with E-state index in [9.17, 15) is 0 Å². The van der Waals surface area contributed by atoms with Crippen LogP contribution in [0.5, 0.6) is 6.01 Å². The van der Waals surface area contributed by atoms with Crippen LogP contribution in [0.15, 0.2) is 6.07 Å². The third kappa shape index (κ3) is 2.89. The summed E-state index contributed by atoms with van der Waals surface area (Å²) in [6.45, 7) is 5.91. The zero-order valence-corrected chi connectivity index (χ0v) is 9.29. The van der Waals surface area contributed by atoms with E-state index in [1.807, 2.05) is 19.9 Å². The van der Waals surface area contributed by atoms with Crippen molar-refractivity contribution in [3.05, 3.63) is 17.5 Å². The van der Waals surface area contributed by atoms with Crippen LogP contribution in [0.1, 0.15) is 24.2 Å². The summed E-state index contributed by atoms with van der Waals surface area (Å²) < 4.78 is 5.73. The maximum Gasteiger partial charge on any atom is 0.317 e. The molecule has 1 N–H and O–H groups in total. The van der Waals surface area contributed by atoms with Crippen LogP contribution in [0, 0.1) is 13.8 Å². The first-order valence-corrected chi connectivity index (χ1v) is 5.44. The molecule has 1 saturated heterocycles. The molecule has 0 unspecified atom stereocenters. The van der Waals surface area contributed by atoms with Gasteiger partial charge in [0, 0.05) is 17.9 Å². The second kappa shape index (κ2) is 4.57. The summed E-state index contributed by atoms with van der Waals surface area (Å²) >= 11 is 0. The van der Waals surface area contributed by atoms with Crippen LogP contribution in [0.3, 0.4) is 0 Å². The molecule has 0 aliphatic carbocycles. The molecule has 1 aromatic heterocycles. The predicted octanol–water partition coefficient (Wildman–Crippen LogP) is 1.22. The summed E-state index contributed by atoms with van der Waals surface area (Å²) in [5.41, 5.74) is 1.92. The van der Waals surface area contributed by atoms with Crippen LogP contribution < -0.4 is 10.1 Å². The number of nitrogens with one attached hydrogen (secondary N) is 1. The molecule has 4 nitrogen and oxygen atoms in total. The molecule has 4 heteroatoms. The molecule has 0 amide bonds. The number of aromatic nitrogens is 2. The van der Waals surface area contributed by atoms with Gasteiger partial charge in [0.15, 0.2) is 0 Å². The molecule has 1 atom stereocenters. The topological polar surface area (TPSA) is 47.0 Å². The van der Waals surface area contributed by atoms with Gasteiger partial charge >= 0.3 is 6.01 Å². The van der Waals surface area contributed by atoms with E-state index in [0.717, 1.165) is 37.3 Å². The number of piperidine rings is 1. The zero-order valence-electron chi connectivity index (χ0n) is 9.29. The number of hydrogen-bond donors (Lipinski definition) is 1. The lowest BCUT2D eigenvalue weighted by atomic mass is 10.1. The highest BCUT2D eigenvalue weighted by atomic mass is 16.5. The van der Waals surface area contributed by atoms with Gasteiger partial charge in [-0.05, 0) is 39.3 Å². The van der Waals surface area contributed by atoms with E-state index in [0.29, 0.717) is 6.01 Å². The fraction of sp³-hybridized carbons (Fsp3) is 0.636. The van der Waals surface area contributed by atoms with Crippen LogP contribution in [-0.4, -0.2) is 29.2 Å². The molecule has 1 aliphatic rings. The lowest BCUT2D eigenvalue weighted by molar-refractivity contribution is 0.153. The molecule has 0 bridgehead atoms. The molecule has 2 rings (SSSR count). The van der Waals surface area contributed by atoms with Crippen molar-refractivity contribution in [3.8, 4) is 6.01 Å². The van der Waals surface area contributed by atoms with Crippen molar-refractivity contribution in [1.29, 1.82) is 0 Å². The van der Waals surface area contributed by atoms with E-state index in [2.05, 4.69) is 15.3 Å². The fourth-order valence-electron chi connectivity index (χ4n) is 1.82. The lowest BCUT2D eigenvalue weighted by Crippen LogP contribution is -2.37. The minimum absolute atomic E-state index is 0.222. The number of rotatable bonds is 2. The maximum atomic E-state index is 5.73. The molecule has 1 aliphatic heterocycles. The smallest absolute Gasteiger partial charge is 0.317 e. The Hall–Kier alpha value is -1.16. The van der Waals surface area contributed by atoms with E-state index in [1.165, 1.54) is 0 Å². The van der Waals surface area contributed by atoms with Gasteiger partial charge in [-0.3, -0.25) is 0 Å². The summed E-state index contributed by atoms with van der Waals surface area (Å²) in [4.78, 5) is 8.53. The molecule has 1 fully saturated rings. The van der Waals surface area contributed by atoms with Crippen molar-refractivity contribution in [2.75, 3.05) is 13.1 Å². The molecule has 15 heavy (non-hydrogen) atoms. The summed E-state index contributed by atoms with van der Waals surface area (Å²) in [6, 6.07) is 2.47. The summed E-state index contributed by atoms with van der Waals surface area (Å²) in [5.74, 6) is 0. The highest BCUT2D eigenvalue weighted by Crippen LogP contribution is 2.12. The van der Waals surface area contributed by atoms with Crippen LogP contribution in [0.25, 0.3) is 0 Å². The second-order valence-electron chi connectivity index (χ2n) is 4.02. The summed E-state index contributed by atoms with van der Waals surface area (Å²) in [5, 5.41) is 3.30. The minimum atomic E-state index is 0.222. The van der Waals surface area contributed by atoms with Crippen molar-refractivity contribution >= 4 is 0 Å². The third-order valence-electron chi connectivity index (χ3n) is 2.49. The Morgan fingerprint density at radius 2 is 2.07 bits per heavy atom. The van der Waals surface area contributed by atoms with E-state index in [-0.39, 0.29) is 6.10 Å². The molecular weight excluding hydrogens is 190 g/mol. The Bertz CT molecular complexity index is 314. The van der Waals surface area contributed by atoms with Crippen molar-refractivity contribution < 1.29 is 4.74 Å². The molecule has 2 heterocycles. The Morgan fingerprint density at radius 3 is 2.67 bits per heavy atom. The summed E-state index contributed by atoms with van der Waals surface area (Å²) in [6.07, 6.45) is 2.47. The number of ether oxygens (including phenoxy) is 1. The molecular formula is C11H17N3O. The van der Waals surface area contributed by atoms with E-state index < -0.39 is 0 Å². The van der Waals surface area contributed by atoms with Crippen LogP contribution in [0.2, 0.25) is 0 Å². The van der Waals surface area contributed by atoms with Gasteiger partial charge in [0.25, 0.3) is 0 Å². The number of aryl methyl sites for hydroxylation is 2. The Kier molecular flexibility index (Phi) is 3.16. The van der Waals surface area contributed by atoms with E-state index in [4.69, 9.17) is 4.74 Å². The van der Waals surface area contributed by atoms with Gasteiger partial charge in [-0.1, -0.05) is 0 Å². The first-order chi connectivity index (χ1) is 7.24. The molecule has 82 valence electrons. The summed E-state index contributed by atoms with van der Waals surface area (Å²) in [7, 11) is 0. The Balaban J connectivity index is 2.02. The largest absolute Gasteiger partial charge is 0.459 e. The number of hydrogen-bond acceptors (Lipinski definition) is 4. The standard InChI is InChI=1S/C11H17N3O/c1-8-6-9(2)14-11(13-8)15-10-4-3-5-12-7-10/h6,10,12H,3-5,7H2,1-2H3/t10-/m0/s1. The van der Waals surface area contributed by atoms with E-state index >= 15 is 0 Å². The molecule has 1 aromatic rings.